The molecule has 148 valence electrons. The molecule has 3 aromatic carbocycles. The van der Waals surface area contributed by atoms with Gasteiger partial charge in [0.15, 0.2) is 5.11 Å². The van der Waals surface area contributed by atoms with Crippen LogP contribution in [0.25, 0.3) is 0 Å². The monoisotopic (exact) mass is 406 g/mol. The van der Waals surface area contributed by atoms with Gasteiger partial charge >= 0.3 is 0 Å². The first-order chi connectivity index (χ1) is 14.1. The number of carbonyl (C=O) groups is 1. The third-order valence-corrected chi connectivity index (χ3v) is 4.20. The predicted octanol–water partition coefficient (Wildman–Crippen LogP) is 4.79. The third kappa shape index (κ3) is 6.33. The fourth-order valence-electron chi connectivity index (χ4n) is 2.61. The van der Waals surface area contributed by atoms with Crippen molar-refractivity contribution >= 4 is 28.9 Å². The van der Waals surface area contributed by atoms with Crippen LogP contribution in [0.3, 0.4) is 0 Å². The van der Waals surface area contributed by atoms with Gasteiger partial charge in [-0.05, 0) is 67.2 Å². The Labute approximate surface area is 175 Å². The zero-order valence-corrected chi connectivity index (χ0v) is 16.9. The molecule has 0 aliphatic heterocycles. The van der Waals surface area contributed by atoms with E-state index in [9.17, 15) is 4.79 Å². The van der Waals surface area contributed by atoms with Gasteiger partial charge in [-0.15, -0.1) is 0 Å². The number of benzene rings is 3. The van der Waals surface area contributed by atoms with E-state index in [1.54, 1.807) is 24.3 Å². The summed E-state index contributed by atoms with van der Waals surface area (Å²) < 4.78 is 11.2. The van der Waals surface area contributed by atoms with E-state index in [4.69, 9.17) is 21.7 Å². The Kier molecular flexibility index (Phi) is 7.19. The molecule has 0 unspecified atom stereocenters. The Balaban J connectivity index is 1.51. The molecule has 1 amide bonds. The number of hydrogen-bond donors (Lipinski definition) is 2. The molecule has 3 aromatic rings. The van der Waals surface area contributed by atoms with Gasteiger partial charge in [-0.1, -0.05) is 36.4 Å². The lowest BCUT2D eigenvalue weighted by molar-refractivity contribution is 0.0977. The zero-order chi connectivity index (χ0) is 20.5. The molecule has 0 radical (unpaired) electrons. The summed E-state index contributed by atoms with van der Waals surface area (Å²) in [6.07, 6.45) is 0. The molecule has 0 aromatic heterocycles. The van der Waals surface area contributed by atoms with Crippen molar-refractivity contribution in [1.82, 2.24) is 5.32 Å². The summed E-state index contributed by atoms with van der Waals surface area (Å²) in [7, 11) is 0. The van der Waals surface area contributed by atoms with Crippen LogP contribution >= 0.6 is 12.2 Å². The standard InChI is InChI=1S/C23H22N2O3S/c1-2-27-21-10-6-9-18(15-21)22(26)25-23(29)24-19-11-13-20(14-12-19)28-16-17-7-4-3-5-8-17/h3-15H,2,16H2,1H3,(H2,24,25,26,29). The molecular formula is C23H22N2O3S. The molecule has 0 aliphatic carbocycles. The number of hydrogen-bond acceptors (Lipinski definition) is 4. The van der Waals surface area contributed by atoms with Crippen molar-refractivity contribution in [2.45, 2.75) is 13.5 Å². The van der Waals surface area contributed by atoms with Crippen molar-refractivity contribution in [3.05, 3.63) is 90.0 Å². The fraction of sp³-hybridized carbons (Fsp3) is 0.130. The van der Waals surface area contributed by atoms with Crippen molar-refractivity contribution < 1.29 is 14.3 Å². The first kappa shape index (κ1) is 20.4. The first-order valence-corrected chi connectivity index (χ1v) is 9.67. The molecule has 0 heterocycles. The summed E-state index contributed by atoms with van der Waals surface area (Å²) in [4.78, 5) is 12.4. The Bertz CT molecular complexity index is 959. The number of ether oxygens (including phenoxy) is 2. The van der Waals surface area contributed by atoms with E-state index in [1.165, 1.54) is 0 Å². The molecule has 0 saturated heterocycles. The van der Waals surface area contributed by atoms with Crippen LogP contribution in [0.4, 0.5) is 5.69 Å². The van der Waals surface area contributed by atoms with Gasteiger partial charge in [-0.2, -0.15) is 0 Å². The number of carbonyl (C=O) groups excluding carboxylic acids is 1. The number of anilines is 1. The SMILES string of the molecule is CCOc1cccc(C(=O)NC(=S)Nc2ccc(OCc3ccccc3)cc2)c1. The lowest BCUT2D eigenvalue weighted by Crippen LogP contribution is -2.34. The average Bonchev–Trinajstić information content (AvgIpc) is 2.74. The van der Waals surface area contributed by atoms with Gasteiger partial charge in [0.1, 0.15) is 18.1 Å². The summed E-state index contributed by atoms with van der Waals surface area (Å²) >= 11 is 5.24. The number of thiocarbonyl (C=S) groups is 1. The highest BCUT2D eigenvalue weighted by atomic mass is 32.1. The Morgan fingerprint density at radius 1 is 0.897 bits per heavy atom. The highest BCUT2D eigenvalue weighted by Gasteiger charge is 2.09. The molecule has 0 aliphatic rings. The van der Waals surface area contributed by atoms with E-state index >= 15 is 0 Å². The third-order valence-electron chi connectivity index (χ3n) is 3.99. The second-order valence-corrected chi connectivity index (χ2v) is 6.58. The van der Waals surface area contributed by atoms with Crippen molar-refractivity contribution in [3.8, 4) is 11.5 Å². The molecule has 0 spiro atoms. The maximum Gasteiger partial charge on any atom is 0.257 e. The second-order valence-electron chi connectivity index (χ2n) is 6.17. The highest BCUT2D eigenvalue weighted by Crippen LogP contribution is 2.17. The van der Waals surface area contributed by atoms with E-state index in [1.807, 2.05) is 61.5 Å². The van der Waals surface area contributed by atoms with Gasteiger partial charge < -0.3 is 14.8 Å². The van der Waals surface area contributed by atoms with Crippen molar-refractivity contribution in [1.29, 1.82) is 0 Å². The van der Waals surface area contributed by atoms with Crippen LogP contribution in [-0.4, -0.2) is 17.6 Å². The van der Waals surface area contributed by atoms with Gasteiger partial charge in [0.2, 0.25) is 0 Å². The van der Waals surface area contributed by atoms with Gasteiger partial charge in [0.25, 0.3) is 5.91 Å². The summed E-state index contributed by atoms with van der Waals surface area (Å²) in [6, 6.07) is 24.3. The summed E-state index contributed by atoms with van der Waals surface area (Å²) in [5.74, 6) is 1.10. The summed E-state index contributed by atoms with van der Waals surface area (Å²) in [6.45, 7) is 2.93. The van der Waals surface area contributed by atoms with Crippen molar-refractivity contribution in [2.75, 3.05) is 11.9 Å². The minimum atomic E-state index is -0.299. The molecule has 0 atom stereocenters. The molecule has 6 heteroatoms. The van der Waals surface area contributed by atoms with Crippen LogP contribution in [0.5, 0.6) is 11.5 Å². The second kappa shape index (κ2) is 10.2. The van der Waals surface area contributed by atoms with Crippen LogP contribution in [0.2, 0.25) is 0 Å². The smallest absolute Gasteiger partial charge is 0.257 e. The first-order valence-electron chi connectivity index (χ1n) is 9.26. The van der Waals surface area contributed by atoms with E-state index in [2.05, 4.69) is 10.6 Å². The lowest BCUT2D eigenvalue weighted by atomic mass is 10.2. The van der Waals surface area contributed by atoms with Crippen LogP contribution in [0.15, 0.2) is 78.9 Å². The summed E-state index contributed by atoms with van der Waals surface area (Å²) in [5, 5.41) is 5.88. The maximum absolute atomic E-state index is 12.4. The predicted molar refractivity (Wildman–Crippen MR) is 119 cm³/mol. The Morgan fingerprint density at radius 2 is 1.66 bits per heavy atom. The van der Waals surface area contributed by atoms with E-state index in [0.717, 1.165) is 17.0 Å². The molecule has 0 fully saturated rings. The lowest BCUT2D eigenvalue weighted by Gasteiger charge is -2.11. The number of rotatable bonds is 7. The van der Waals surface area contributed by atoms with Crippen LogP contribution in [0.1, 0.15) is 22.8 Å². The molecule has 5 nitrogen and oxygen atoms in total. The number of amides is 1. The molecule has 0 saturated carbocycles. The van der Waals surface area contributed by atoms with E-state index in [0.29, 0.717) is 24.5 Å². The van der Waals surface area contributed by atoms with Crippen molar-refractivity contribution in [3.63, 3.8) is 0 Å². The normalized spacial score (nSPS) is 10.1. The molecule has 0 bridgehead atoms. The van der Waals surface area contributed by atoms with Crippen LogP contribution in [-0.2, 0) is 6.61 Å². The molecule has 29 heavy (non-hydrogen) atoms. The number of nitrogens with one attached hydrogen (secondary N) is 2. The van der Waals surface area contributed by atoms with Gasteiger partial charge in [0.05, 0.1) is 6.61 Å². The van der Waals surface area contributed by atoms with Gasteiger partial charge in [-0.3, -0.25) is 10.1 Å². The van der Waals surface area contributed by atoms with Gasteiger partial charge in [0, 0.05) is 11.3 Å². The molecule has 3 rings (SSSR count). The largest absolute Gasteiger partial charge is 0.494 e. The molecular weight excluding hydrogens is 384 g/mol. The Hall–Kier alpha value is -3.38. The average molecular weight is 407 g/mol. The fourth-order valence-corrected chi connectivity index (χ4v) is 2.82. The minimum absolute atomic E-state index is 0.217. The van der Waals surface area contributed by atoms with E-state index in [-0.39, 0.29) is 11.0 Å². The molecule has 2 N–H and O–H groups in total. The highest BCUT2D eigenvalue weighted by molar-refractivity contribution is 7.80. The van der Waals surface area contributed by atoms with Crippen molar-refractivity contribution in [2.24, 2.45) is 0 Å². The quantitative estimate of drug-likeness (QED) is 0.553. The maximum atomic E-state index is 12.4. The summed E-state index contributed by atoms with van der Waals surface area (Å²) in [5.41, 5.74) is 2.34. The van der Waals surface area contributed by atoms with Crippen LogP contribution < -0.4 is 20.1 Å². The van der Waals surface area contributed by atoms with E-state index < -0.39 is 0 Å². The zero-order valence-electron chi connectivity index (χ0n) is 16.1. The topological polar surface area (TPSA) is 59.6 Å². The Morgan fingerprint density at radius 3 is 2.38 bits per heavy atom. The van der Waals surface area contributed by atoms with Gasteiger partial charge in [-0.25, -0.2) is 0 Å². The minimum Gasteiger partial charge on any atom is -0.494 e. The van der Waals surface area contributed by atoms with Crippen LogP contribution in [0, 0.1) is 0 Å².